The van der Waals surface area contributed by atoms with E-state index in [0.29, 0.717) is 13.2 Å². The first kappa shape index (κ1) is 15.0. The minimum atomic E-state index is 0.454. The number of rotatable bonds is 7. The first-order valence-electron chi connectivity index (χ1n) is 7.35. The fraction of sp³-hybridized carbons (Fsp3) is 0.714. The van der Waals surface area contributed by atoms with Gasteiger partial charge in [-0.1, -0.05) is 6.92 Å². The lowest BCUT2D eigenvalue weighted by Crippen LogP contribution is -2.37. The number of aromatic nitrogens is 2. The van der Waals surface area contributed by atoms with Crippen molar-refractivity contribution in [2.45, 2.75) is 26.9 Å². The van der Waals surface area contributed by atoms with Gasteiger partial charge in [0.2, 0.25) is 0 Å². The quantitative estimate of drug-likeness (QED) is 0.820. The molecule has 0 saturated carbocycles. The highest BCUT2D eigenvalue weighted by Gasteiger charge is 2.14. The van der Waals surface area contributed by atoms with Crippen molar-refractivity contribution in [1.29, 1.82) is 0 Å². The van der Waals surface area contributed by atoms with Crippen LogP contribution in [0.4, 0.5) is 11.6 Å². The van der Waals surface area contributed by atoms with E-state index >= 15 is 0 Å². The lowest BCUT2D eigenvalue weighted by atomic mass is 10.3. The number of nitrogens with one attached hydrogen (secondary N) is 1. The van der Waals surface area contributed by atoms with Crippen LogP contribution in [0.5, 0.6) is 0 Å². The molecular weight excluding hydrogens is 256 g/mol. The minimum Gasteiger partial charge on any atom is -0.378 e. The van der Waals surface area contributed by atoms with E-state index in [1.54, 1.807) is 0 Å². The van der Waals surface area contributed by atoms with Crippen molar-refractivity contribution in [2.75, 3.05) is 49.7 Å². The van der Waals surface area contributed by atoms with Gasteiger partial charge in [0, 0.05) is 32.3 Å². The molecule has 1 aliphatic heterocycles. The van der Waals surface area contributed by atoms with Gasteiger partial charge in [-0.15, -0.1) is 0 Å². The van der Waals surface area contributed by atoms with Crippen molar-refractivity contribution in [3.63, 3.8) is 0 Å². The SMILES string of the molecule is CCCNc1cc(N2CCOCC2)nc(COCC)n1. The Morgan fingerprint density at radius 1 is 1.30 bits per heavy atom. The molecule has 0 radical (unpaired) electrons. The first-order chi connectivity index (χ1) is 9.83. The van der Waals surface area contributed by atoms with Crippen molar-refractivity contribution >= 4 is 11.6 Å². The zero-order valence-electron chi connectivity index (χ0n) is 12.4. The van der Waals surface area contributed by atoms with Crippen LogP contribution in [0.3, 0.4) is 0 Å². The summed E-state index contributed by atoms with van der Waals surface area (Å²) < 4.78 is 10.8. The molecule has 6 nitrogen and oxygen atoms in total. The van der Waals surface area contributed by atoms with E-state index in [1.807, 2.05) is 13.0 Å². The normalized spacial score (nSPS) is 15.4. The van der Waals surface area contributed by atoms with E-state index in [9.17, 15) is 0 Å². The highest BCUT2D eigenvalue weighted by molar-refractivity contribution is 5.49. The Kier molecular flexibility index (Phi) is 6.01. The Hall–Kier alpha value is -1.40. The summed E-state index contributed by atoms with van der Waals surface area (Å²) in [5.74, 6) is 2.56. The Bertz CT molecular complexity index is 382. The van der Waals surface area contributed by atoms with Gasteiger partial charge < -0.3 is 19.7 Å². The zero-order valence-corrected chi connectivity index (χ0v) is 12.4. The van der Waals surface area contributed by atoms with Crippen LogP contribution >= 0.6 is 0 Å². The molecule has 0 bridgehead atoms. The highest BCUT2D eigenvalue weighted by Crippen LogP contribution is 2.17. The predicted molar refractivity (Wildman–Crippen MR) is 79.2 cm³/mol. The number of ether oxygens (including phenoxy) is 2. The van der Waals surface area contributed by atoms with Crippen LogP contribution in [0.15, 0.2) is 6.07 Å². The van der Waals surface area contributed by atoms with Crippen molar-refractivity contribution in [2.24, 2.45) is 0 Å². The summed E-state index contributed by atoms with van der Waals surface area (Å²) in [6.45, 7) is 9.40. The fourth-order valence-electron chi connectivity index (χ4n) is 2.04. The standard InChI is InChI=1S/C14H24N4O2/c1-3-5-15-12-10-14(18-6-8-20-9-7-18)17-13(16-12)11-19-4-2/h10H,3-9,11H2,1-2H3,(H,15,16,17). The predicted octanol–water partition coefficient (Wildman–Crippen LogP) is 1.67. The van der Waals surface area contributed by atoms with E-state index in [-0.39, 0.29) is 0 Å². The summed E-state index contributed by atoms with van der Waals surface area (Å²) in [5, 5.41) is 3.33. The molecule has 0 amide bonds. The third-order valence-electron chi connectivity index (χ3n) is 3.09. The molecule has 0 unspecified atom stereocenters. The molecule has 6 heteroatoms. The minimum absolute atomic E-state index is 0.454. The molecule has 0 aromatic carbocycles. The van der Waals surface area contributed by atoms with Crippen molar-refractivity contribution in [3.8, 4) is 0 Å². The van der Waals surface area contributed by atoms with Crippen LogP contribution in [0.2, 0.25) is 0 Å². The number of morpholine rings is 1. The summed E-state index contributed by atoms with van der Waals surface area (Å²) in [4.78, 5) is 11.3. The smallest absolute Gasteiger partial charge is 0.158 e. The largest absolute Gasteiger partial charge is 0.378 e. The summed E-state index contributed by atoms with van der Waals surface area (Å²) in [6, 6.07) is 2.01. The van der Waals surface area contributed by atoms with Crippen molar-refractivity contribution in [3.05, 3.63) is 11.9 Å². The number of anilines is 2. The van der Waals surface area contributed by atoms with Gasteiger partial charge in [-0.2, -0.15) is 0 Å². The third kappa shape index (κ3) is 4.31. The molecule has 1 fully saturated rings. The van der Waals surface area contributed by atoms with E-state index in [2.05, 4.69) is 27.1 Å². The number of hydrogen-bond donors (Lipinski definition) is 1. The van der Waals surface area contributed by atoms with E-state index in [1.165, 1.54) is 0 Å². The van der Waals surface area contributed by atoms with Gasteiger partial charge in [0.15, 0.2) is 5.82 Å². The Labute approximate surface area is 120 Å². The summed E-state index contributed by atoms with van der Waals surface area (Å²) in [6.07, 6.45) is 1.07. The van der Waals surface area contributed by atoms with Crippen LogP contribution in [0.25, 0.3) is 0 Å². The lowest BCUT2D eigenvalue weighted by molar-refractivity contribution is 0.121. The second kappa shape index (κ2) is 8.01. The van der Waals surface area contributed by atoms with Crippen molar-refractivity contribution < 1.29 is 9.47 Å². The van der Waals surface area contributed by atoms with Crippen molar-refractivity contribution in [1.82, 2.24) is 9.97 Å². The second-order valence-electron chi connectivity index (χ2n) is 4.69. The molecule has 0 spiro atoms. The van der Waals surface area contributed by atoms with Crippen LogP contribution in [0.1, 0.15) is 26.1 Å². The maximum atomic E-state index is 5.43. The van der Waals surface area contributed by atoms with Gasteiger partial charge in [-0.05, 0) is 13.3 Å². The molecule has 1 aromatic rings. The molecule has 0 atom stereocenters. The Morgan fingerprint density at radius 2 is 2.10 bits per heavy atom. The van der Waals surface area contributed by atoms with Crippen LogP contribution < -0.4 is 10.2 Å². The van der Waals surface area contributed by atoms with E-state index < -0.39 is 0 Å². The molecule has 112 valence electrons. The van der Waals surface area contributed by atoms with Gasteiger partial charge in [-0.3, -0.25) is 0 Å². The summed E-state index contributed by atoms with van der Waals surface area (Å²) >= 11 is 0. The first-order valence-corrected chi connectivity index (χ1v) is 7.35. The zero-order chi connectivity index (χ0) is 14.2. The second-order valence-corrected chi connectivity index (χ2v) is 4.69. The molecular formula is C14H24N4O2. The summed E-state index contributed by atoms with van der Waals surface area (Å²) in [7, 11) is 0. The molecule has 2 heterocycles. The van der Waals surface area contributed by atoms with E-state index in [0.717, 1.165) is 56.7 Å². The van der Waals surface area contributed by atoms with Crippen LogP contribution in [-0.4, -0.2) is 49.4 Å². The fourth-order valence-corrected chi connectivity index (χ4v) is 2.04. The van der Waals surface area contributed by atoms with Gasteiger partial charge >= 0.3 is 0 Å². The van der Waals surface area contributed by atoms with E-state index in [4.69, 9.17) is 9.47 Å². The van der Waals surface area contributed by atoms with Crippen LogP contribution in [0, 0.1) is 0 Å². The molecule has 0 aliphatic carbocycles. The molecule has 1 aromatic heterocycles. The summed E-state index contributed by atoms with van der Waals surface area (Å²) in [5.41, 5.74) is 0. The highest BCUT2D eigenvalue weighted by atomic mass is 16.5. The van der Waals surface area contributed by atoms with Gasteiger partial charge in [0.25, 0.3) is 0 Å². The number of nitrogens with zero attached hydrogens (tertiary/aromatic N) is 3. The van der Waals surface area contributed by atoms with Gasteiger partial charge in [0.05, 0.1) is 13.2 Å². The number of hydrogen-bond acceptors (Lipinski definition) is 6. The average Bonchev–Trinajstić information content (AvgIpc) is 2.51. The third-order valence-corrected chi connectivity index (χ3v) is 3.09. The Morgan fingerprint density at radius 3 is 2.80 bits per heavy atom. The molecule has 1 N–H and O–H groups in total. The topological polar surface area (TPSA) is 59.5 Å². The maximum Gasteiger partial charge on any atom is 0.158 e. The monoisotopic (exact) mass is 280 g/mol. The lowest BCUT2D eigenvalue weighted by Gasteiger charge is -2.28. The molecule has 20 heavy (non-hydrogen) atoms. The average molecular weight is 280 g/mol. The molecule has 2 rings (SSSR count). The molecule has 1 aliphatic rings. The van der Waals surface area contributed by atoms with Crippen LogP contribution in [-0.2, 0) is 16.1 Å². The maximum absolute atomic E-state index is 5.43. The van der Waals surface area contributed by atoms with Gasteiger partial charge in [0.1, 0.15) is 18.2 Å². The molecule has 1 saturated heterocycles. The Balaban J connectivity index is 2.14. The van der Waals surface area contributed by atoms with Gasteiger partial charge in [-0.25, -0.2) is 9.97 Å².